The molecule has 7 aromatic carbocycles. The highest BCUT2D eigenvalue weighted by atomic mass is 15.1. The number of hydrogen-bond acceptors (Lipinski definition) is 1. The second-order valence-corrected chi connectivity index (χ2v) is 14.8. The Balaban J connectivity index is 1.20. The fourth-order valence-electron chi connectivity index (χ4n) is 7.87. The van der Waals surface area contributed by atoms with E-state index in [4.69, 9.17) is 0 Å². The Morgan fingerprint density at radius 2 is 0.865 bits per heavy atom. The second-order valence-electron chi connectivity index (χ2n) is 14.8. The Bertz CT molecular complexity index is 2360. The summed E-state index contributed by atoms with van der Waals surface area (Å²) in [4.78, 5) is 2.31. The molecule has 0 amide bonds. The minimum Gasteiger partial charge on any atom is -0.311 e. The standard InChI is InChI=1S/C50H46N2/c1-35(2)32-46(36(3)4)39-22-20-37(21-23-39)40-26-30-49-47(33-40)48-34-41(27-31-50(48)52(49)44-18-12-7-13-19-44)38-24-28-45(29-25-38)51(42-14-8-5-9-15-42)43-16-10-6-11-17-43/h5-31,33-36,46H,32H2,1-4H3. The fraction of sp³-hybridized carbons (Fsp3) is 0.160. The largest absolute Gasteiger partial charge is 0.311 e. The molecule has 8 rings (SSSR count). The van der Waals surface area contributed by atoms with Crippen LogP contribution in [0.2, 0.25) is 0 Å². The van der Waals surface area contributed by atoms with Crippen molar-refractivity contribution in [2.24, 2.45) is 11.8 Å². The van der Waals surface area contributed by atoms with E-state index in [1.165, 1.54) is 61.7 Å². The van der Waals surface area contributed by atoms with Gasteiger partial charge >= 0.3 is 0 Å². The zero-order valence-corrected chi connectivity index (χ0v) is 30.6. The number of benzene rings is 7. The summed E-state index contributed by atoms with van der Waals surface area (Å²) >= 11 is 0. The highest BCUT2D eigenvalue weighted by Gasteiger charge is 2.19. The van der Waals surface area contributed by atoms with E-state index >= 15 is 0 Å². The van der Waals surface area contributed by atoms with Gasteiger partial charge in [0.05, 0.1) is 11.0 Å². The van der Waals surface area contributed by atoms with Crippen molar-refractivity contribution >= 4 is 38.9 Å². The van der Waals surface area contributed by atoms with Gasteiger partial charge in [0, 0.05) is 33.5 Å². The first-order valence-electron chi connectivity index (χ1n) is 18.7. The molecule has 0 N–H and O–H groups in total. The van der Waals surface area contributed by atoms with Crippen LogP contribution in [0.25, 0.3) is 49.7 Å². The van der Waals surface area contributed by atoms with Crippen LogP contribution in [0.4, 0.5) is 17.1 Å². The lowest BCUT2D eigenvalue weighted by Crippen LogP contribution is -2.09. The third kappa shape index (κ3) is 6.53. The first-order valence-corrected chi connectivity index (χ1v) is 18.7. The number of para-hydroxylation sites is 3. The third-order valence-corrected chi connectivity index (χ3v) is 10.5. The van der Waals surface area contributed by atoms with Crippen molar-refractivity contribution in [3.8, 4) is 27.9 Å². The van der Waals surface area contributed by atoms with Gasteiger partial charge in [0.15, 0.2) is 0 Å². The average molecular weight is 675 g/mol. The number of nitrogens with zero attached hydrogens (tertiary/aromatic N) is 2. The van der Waals surface area contributed by atoms with Crippen molar-refractivity contribution in [1.82, 2.24) is 4.57 Å². The number of aromatic nitrogens is 1. The highest BCUT2D eigenvalue weighted by Crippen LogP contribution is 2.40. The van der Waals surface area contributed by atoms with Gasteiger partial charge in [0.1, 0.15) is 0 Å². The summed E-state index contributed by atoms with van der Waals surface area (Å²) in [5.74, 6) is 1.87. The van der Waals surface area contributed by atoms with Crippen molar-refractivity contribution in [2.45, 2.75) is 40.0 Å². The zero-order valence-electron chi connectivity index (χ0n) is 30.6. The number of hydrogen-bond donors (Lipinski definition) is 0. The Hall–Kier alpha value is -5.86. The minimum atomic E-state index is 0.576. The van der Waals surface area contributed by atoms with Crippen molar-refractivity contribution in [3.63, 3.8) is 0 Å². The van der Waals surface area contributed by atoms with Crippen molar-refractivity contribution in [1.29, 1.82) is 0 Å². The first kappa shape index (κ1) is 33.3. The maximum atomic E-state index is 2.40. The van der Waals surface area contributed by atoms with Crippen molar-refractivity contribution in [3.05, 3.63) is 181 Å². The van der Waals surface area contributed by atoms with Crippen LogP contribution in [0, 0.1) is 11.8 Å². The summed E-state index contributed by atoms with van der Waals surface area (Å²) < 4.78 is 2.40. The first-order chi connectivity index (χ1) is 25.4. The van der Waals surface area contributed by atoms with Gasteiger partial charge in [-0.05, 0) is 125 Å². The van der Waals surface area contributed by atoms with Gasteiger partial charge in [-0.2, -0.15) is 0 Å². The monoisotopic (exact) mass is 674 g/mol. The molecule has 0 saturated carbocycles. The predicted molar refractivity (Wildman–Crippen MR) is 223 cm³/mol. The van der Waals surface area contributed by atoms with E-state index in [-0.39, 0.29) is 0 Å². The molecule has 0 spiro atoms. The maximum absolute atomic E-state index is 2.40. The van der Waals surface area contributed by atoms with Crippen LogP contribution in [0.1, 0.15) is 45.6 Å². The summed E-state index contributed by atoms with van der Waals surface area (Å²) in [5.41, 5.74) is 13.3. The fourth-order valence-corrected chi connectivity index (χ4v) is 7.87. The normalized spacial score (nSPS) is 12.2. The second kappa shape index (κ2) is 14.4. The summed E-state index contributed by atoms with van der Waals surface area (Å²) in [5, 5.41) is 2.52. The molecule has 52 heavy (non-hydrogen) atoms. The maximum Gasteiger partial charge on any atom is 0.0541 e. The summed E-state index contributed by atoms with van der Waals surface area (Å²) in [7, 11) is 0. The molecule has 0 aliphatic rings. The summed E-state index contributed by atoms with van der Waals surface area (Å²) in [6.07, 6.45) is 1.21. The van der Waals surface area contributed by atoms with E-state index in [1.807, 2.05) is 0 Å². The van der Waals surface area contributed by atoms with Crippen LogP contribution in [0.3, 0.4) is 0 Å². The molecule has 256 valence electrons. The molecule has 1 atom stereocenters. The highest BCUT2D eigenvalue weighted by molar-refractivity contribution is 6.11. The van der Waals surface area contributed by atoms with E-state index < -0.39 is 0 Å². The number of fused-ring (bicyclic) bond motifs is 3. The van der Waals surface area contributed by atoms with Crippen LogP contribution in [-0.4, -0.2) is 4.57 Å². The molecule has 0 radical (unpaired) electrons. The van der Waals surface area contributed by atoms with Crippen LogP contribution < -0.4 is 4.90 Å². The quantitative estimate of drug-likeness (QED) is 0.140. The van der Waals surface area contributed by atoms with E-state index in [2.05, 4.69) is 213 Å². The molecule has 2 heteroatoms. The Labute approximate surface area is 308 Å². The number of anilines is 3. The summed E-state index contributed by atoms with van der Waals surface area (Å²) in [6.45, 7) is 9.36. The predicted octanol–water partition coefficient (Wildman–Crippen LogP) is 14.4. The SMILES string of the molecule is CC(C)CC(c1ccc(-c2ccc3c(c2)c2cc(-c4ccc(N(c5ccccc5)c5ccccc5)cc4)ccc2n3-c2ccccc2)cc1)C(C)C. The molecule has 0 bridgehead atoms. The zero-order chi connectivity index (χ0) is 35.6. The van der Waals surface area contributed by atoms with Gasteiger partial charge in [-0.15, -0.1) is 0 Å². The van der Waals surface area contributed by atoms with Crippen LogP contribution >= 0.6 is 0 Å². The molecule has 8 aromatic rings. The molecule has 1 heterocycles. The van der Waals surface area contributed by atoms with E-state index in [0.29, 0.717) is 17.8 Å². The molecular weight excluding hydrogens is 629 g/mol. The average Bonchev–Trinajstić information content (AvgIpc) is 3.51. The Morgan fingerprint density at radius 1 is 0.442 bits per heavy atom. The Kier molecular flexibility index (Phi) is 9.22. The molecular formula is C50H46N2. The number of rotatable bonds is 10. The minimum absolute atomic E-state index is 0.576. The van der Waals surface area contributed by atoms with Crippen LogP contribution in [0.15, 0.2) is 176 Å². The van der Waals surface area contributed by atoms with Crippen molar-refractivity contribution in [2.75, 3.05) is 4.90 Å². The van der Waals surface area contributed by atoms with Gasteiger partial charge in [0.25, 0.3) is 0 Å². The van der Waals surface area contributed by atoms with Gasteiger partial charge in [-0.25, -0.2) is 0 Å². The van der Waals surface area contributed by atoms with Gasteiger partial charge in [-0.3, -0.25) is 0 Å². The van der Waals surface area contributed by atoms with Crippen molar-refractivity contribution < 1.29 is 0 Å². The Morgan fingerprint density at radius 3 is 1.33 bits per heavy atom. The van der Waals surface area contributed by atoms with E-state index in [9.17, 15) is 0 Å². The van der Waals surface area contributed by atoms with E-state index in [0.717, 1.165) is 17.1 Å². The lowest BCUT2D eigenvalue weighted by molar-refractivity contribution is 0.408. The van der Waals surface area contributed by atoms with Crippen LogP contribution in [0.5, 0.6) is 0 Å². The molecule has 0 fully saturated rings. The molecule has 1 aromatic heterocycles. The lowest BCUT2D eigenvalue weighted by Gasteiger charge is -2.25. The van der Waals surface area contributed by atoms with Gasteiger partial charge in [0.2, 0.25) is 0 Å². The third-order valence-electron chi connectivity index (χ3n) is 10.5. The molecule has 1 unspecified atom stereocenters. The van der Waals surface area contributed by atoms with Gasteiger partial charge < -0.3 is 9.47 Å². The van der Waals surface area contributed by atoms with E-state index in [1.54, 1.807) is 0 Å². The van der Waals surface area contributed by atoms with Crippen LogP contribution in [-0.2, 0) is 0 Å². The van der Waals surface area contributed by atoms with Gasteiger partial charge in [-0.1, -0.05) is 131 Å². The molecule has 0 aliphatic heterocycles. The molecule has 2 nitrogen and oxygen atoms in total. The summed E-state index contributed by atoms with van der Waals surface area (Å²) in [6, 6.07) is 64.2. The smallest absolute Gasteiger partial charge is 0.0541 e. The topological polar surface area (TPSA) is 8.17 Å². The lowest BCUT2D eigenvalue weighted by atomic mass is 9.82. The molecule has 0 aliphatic carbocycles. The molecule has 0 saturated heterocycles.